The molecule has 5 nitrogen and oxygen atoms in total. The number of anilines is 1. The van der Waals surface area contributed by atoms with Gasteiger partial charge in [-0.15, -0.1) is 13.2 Å². The van der Waals surface area contributed by atoms with Crippen molar-refractivity contribution in [2.75, 3.05) is 18.5 Å². The highest BCUT2D eigenvalue weighted by Gasteiger charge is 2.32. The van der Waals surface area contributed by atoms with Gasteiger partial charge < -0.3 is 20.1 Å². The van der Waals surface area contributed by atoms with Gasteiger partial charge >= 0.3 is 12.4 Å². The zero-order chi connectivity index (χ0) is 16.9. The smallest absolute Gasteiger partial charge is 0.406 e. The summed E-state index contributed by atoms with van der Waals surface area (Å²) >= 11 is 0. The first-order valence-corrected chi connectivity index (χ1v) is 7.43. The molecule has 0 aliphatic heterocycles. The second kappa shape index (κ2) is 7.54. The molecule has 1 aromatic carbocycles. The third-order valence-electron chi connectivity index (χ3n) is 3.39. The summed E-state index contributed by atoms with van der Waals surface area (Å²) in [6.07, 6.45) is -1.51. The largest absolute Gasteiger partial charge is 0.573 e. The van der Waals surface area contributed by atoms with Crippen LogP contribution in [0.3, 0.4) is 0 Å². The zero-order valence-electron chi connectivity index (χ0n) is 12.5. The van der Waals surface area contributed by atoms with Crippen molar-refractivity contribution in [2.45, 2.75) is 38.1 Å². The molecule has 2 N–H and O–H groups in total. The van der Waals surface area contributed by atoms with Crippen LogP contribution in [0.2, 0.25) is 0 Å². The molecule has 0 saturated heterocycles. The van der Waals surface area contributed by atoms with E-state index in [0.717, 1.165) is 25.0 Å². The van der Waals surface area contributed by atoms with E-state index in [-0.39, 0.29) is 24.4 Å². The second-order valence-electron chi connectivity index (χ2n) is 5.36. The fourth-order valence-electron chi connectivity index (χ4n) is 2.17. The summed E-state index contributed by atoms with van der Waals surface area (Å²) in [4.78, 5) is 13.9. The highest BCUT2D eigenvalue weighted by Crippen LogP contribution is 2.28. The third kappa shape index (κ3) is 5.97. The summed E-state index contributed by atoms with van der Waals surface area (Å²) in [5, 5.41) is 11.5. The molecule has 0 spiro atoms. The molecule has 0 radical (unpaired) electrons. The number of halogens is 3. The lowest BCUT2D eigenvalue weighted by Gasteiger charge is -2.22. The van der Waals surface area contributed by atoms with Gasteiger partial charge in [-0.2, -0.15) is 0 Å². The maximum Gasteiger partial charge on any atom is 0.573 e. The summed E-state index contributed by atoms with van der Waals surface area (Å²) in [6, 6.07) is 4.94. The zero-order valence-corrected chi connectivity index (χ0v) is 12.5. The number of alkyl halides is 3. The van der Waals surface area contributed by atoms with Crippen molar-refractivity contribution in [1.29, 1.82) is 0 Å². The lowest BCUT2D eigenvalue weighted by atomic mass is 10.3. The van der Waals surface area contributed by atoms with Crippen molar-refractivity contribution < 1.29 is 27.8 Å². The van der Waals surface area contributed by atoms with Gasteiger partial charge in [0.1, 0.15) is 5.75 Å². The van der Waals surface area contributed by atoms with Gasteiger partial charge in [-0.05, 0) is 49.9 Å². The van der Waals surface area contributed by atoms with Crippen LogP contribution in [0.4, 0.5) is 23.7 Å². The van der Waals surface area contributed by atoms with E-state index < -0.39 is 6.36 Å². The first-order chi connectivity index (χ1) is 10.9. The van der Waals surface area contributed by atoms with Gasteiger partial charge in [0.2, 0.25) is 0 Å². The second-order valence-corrected chi connectivity index (χ2v) is 5.36. The lowest BCUT2D eigenvalue weighted by molar-refractivity contribution is -0.274. The van der Waals surface area contributed by atoms with E-state index in [1.807, 2.05) is 0 Å². The average molecular weight is 332 g/mol. The molecule has 0 aromatic heterocycles. The Morgan fingerprint density at radius 3 is 2.43 bits per heavy atom. The van der Waals surface area contributed by atoms with E-state index in [2.05, 4.69) is 10.1 Å². The van der Waals surface area contributed by atoms with Crippen LogP contribution in [0.25, 0.3) is 0 Å². The van der Waals surface area contributed by atoms with Gasteiger partial charge in [-0.3, -0.25) is 0 Å². The molecule has 1 aliphatic rings. The average Bonchev–Trinajstić information content (AvgIpc) is 3.28. The van der Waals surface area contributed by atoms with Crippen molar-refractivity contribution in [3.05, 3.63) is 24.3 Å². The van der Waals surface area contributed by atoms with Crippen LogP contribution in [0, 0.1) is 0 Å². The Bertz CT molecular complexity index is 516. The number of benzene rings is 1. The molecular weight excluding hydrogens is 313 g/mol. The molecule has 1 saturated carbocycles. The van der Waals surface area contributed by atoms with Crippen molar-refractivity contribution in [3.8, 4) is 5.75 Å². The van der Waals surface area contributed by atoms with Crippen LogP contribution in [0.1, 0.15) is 25.7 Å². The number of hydrogen-bond acceptors (Lipinski definition) is 3. The van der Waals surface area contributed by atoms with Crippen LogP contribution in [0.15, 0.2) is 24.3 Å². The van der Waals surface area contributed by atoms with Crippen LogP contribution in [0.5, 0.6) is 5.75 Å². The number of nitrogens with one attached hydrogen (secondary N) is 1. The standard InChI is InChI=1S/C15H19F3N2O3/c16-15(17,18)23-13-7-3-11(4-8-13)19-14(22)20(12-5-6-12)9-1-2-10-21/h3-4,7-8,12,21H,1-2,5-6,9-10H2,(H,19,22). The first kappa shape index (κ1) is 17.4. The topological polar surface area (TPSA) is 61.8 Å². The van der Waals surface area contributed by atoms with Gasteiger partial charge in [0.05, 0.1) is 0 Å². The van der Waals surface area contributed by atoms with Gasteiger partial charge in [-0.25, -0.2) is 4.79 Å². The van der Waals surface area contributed by atoms with Crippen LogP contribution >= 0.6 is 0 Å². The summed E-state index contributed by atoms with van der Waals surface area (Å²) < 4.78 is 40.0. The monoisotopic (exact) mass is 332 g/mol. The molecule has 0 unspecified atom stereocenters. The molecule has 8 heteroatoms. The predicted octanol–water partition coefficient (Wildman–Crippen LogP) is 3.35. The molecule has 0 atom stereocenters. The Balaban J connectivity index is 1.90. The molecule has 1 aliphatic carbocycles. The molecule has 128 valence electrons. The van der Waals surface area contributed by atoms with Crippen LogP contribution in [-0.4, -0.2) is 41.6 Å². The van der Waals surface area contributed by atoms with E-state index in [1.54, 1.807) is 4.90 Å². The van der Waals surface area contributed by atoms with Gasteiger partial charge in [0, 0.05) is 24.9 Å². The van der Waals surface area contributed by atoms with Gasteiger partial charge in [-0.1, -0.05) is 0 Å². The predicted molar refractivity (Wildman–Crippen MR) is 78.2 cm³/mol. The summed E-state index contributed by atoms with van der Waals surface area (Å²) in [6.45, 7) is 0.632. The lowest BCUT2D eigenvalue weighted by Crippen LogP contribution is -2.37. The Labute approximate surface area is 132 Å². The third-order valence-corrected chi connectivity index (χ3v) is 3.39. The summed E-state index contributed by atoms with van der Waals surface area (Å²) in [7, 11) is 0. The normalized spacial score (nSPS) is 14.4. The number of hydrogen-bond donors (Lipinski definition) is 2. The molecule has 1 aromatic rings. The van der Waals surface area contributed by atoms with E-state index in [9.17, 15) is 18.0 Å². The number of aliphatic hydroxyl groups is 1. The van der Waals surface area contributed by atoms with Crippen LogP contribution < -0.4 is 10.1 Å². The summed E-state index contributed by atoms with van der Waals surface area (Å²) in [5.41, 5.74) is 0.400. The minimum atomic E-state index is -4.74. The maximum absolute atomic E-state index is 12.2. The molecule has 0 bridgehead atoms. The number of unbranched alkanes of at least 4 members (excludes halogenated alkanes) is 1. The van der Waals surface area contributed by atoms with Gasteiger partial charge in [0.15, 0.2) is 0 Å². The molecular formula is C15H19F3N2O3. The number of aliphatic hydroxyl groups excluding tert-OH is 1. The fraction of sp³-hybridized carbons (Fsp3) is 0.533. The number of nitrogens with zero attached hydrogens (tertiary/aromatic N) is 1. The molecule has 1 fully saturated rings. The van der Waals surface area contributed by atoms with Crippen molar-refractivity contribution in [1.82, 2.24) is 4.90 Å². The molecule has 2 rings (SSSR count). The molecule has 0 heterocycles. The number of carbonyl (C=O) groups is 1. The minimum Gasteiger partial charge on any atom is -0.406 e. The summed E-state index contributed by atoms with van der Waals surface area (Å²) in [5.74, 6) is -0.336. The number of ether oxygens (including phenoxy) is 1. The SMILES string of the molecule is O=C(Nc1ccc(OC(F)(F)F)cc1)N(CCCCO)C1CC1. The first-order valence-electron chi connectivity index (χ1n) is 7.43. The van der Waals surface area contributed by atoms with E-state index in [0.29, 0.717) is 25.1 Å². The Morgan fingerprint density at radius 1 is 1.26 bits per heavy atom. The molecule has 23 heavy (non-hydrogen) atoms. The highest BCUT2D eigenvalue weighted by atomic mass is 19.4. The van der Waals surface area contributed by atoms with E-state index in [1.165, 1.54) is 12.1 Å². The number of carbonyl (C=O) groups excluding carboxylic acids is 1. The van der Waals surface area contributed by atoms with E-state index in [4.69, 9.17) is 5.11 Å². The number of rotatable bonds is 7. The molecule has 2 amide bonds. The van der Waals surface area contributed by atoms with Crippen molar-refractivity contribution in [3.63, 3.8) is 0 Å². The number of urea groups is 1. The fourth-order valence-corrected chi connectivity index (χ4v) is 2.17. The van der Waals surface area contributed by atoms with E-state index >= 15 is 0 Å². The van der Waals surface area contributed by atoms with Crippen molar-refractivity contribution in [2.24, 2.45) is 0 Å². The maximum atomic E-state index is 12.2. The Morgan fingerprint density at radius 2 is 1.91 bits per heavy atom. The minimum absolute atomic E-state index is 0.0841. The van der Waals surface area contributed by atoms with Gasteiger partial charge in [0.25, 0.3) is 0 Å². The highest BCUT2D eigenvalue weighted by molar-refractivity contribution is 5.89. The van der Waals surface area contributed by atoms with Crippen molar-refractivity contribution >= 4 is 11.7 Å². The van der Waals surface area contributed by atoms with Crippen LogP contribution in [-0.2, 0) is 0 Å². The Kier molecular flexibility index (Phi) is 5.70. The Hall–Kier alpha value is -1.96. The number of amides is 2. The quantitative estimate of drug-likeness (QED) is 0.753.